The minimum Gasteiger partial charge on any atom is -0.389 e. The van der Waals surface area contributed by atoms with Crippen molar-refractivity contribution in [3.63, 3.8) is 0 Å². The lowest BCUT2D eigenvalue weighted by Gasteiger charge is -2.05. The van der Waals surface area contributed by atoms with E-state index in [1.165, 1.54) is 0 Å². The highest BCUT2D eigenvalue weighted by Gasteiger charge is 2.04. The first-order valence-corrected chi connectivity index (χ1v) is 7.73. The van der Waals surface area contributed by atoms with E-state index in [0.29, 0.717) is 18.6 Å². The molecule has 2 N–H and O–H groups in total. The van der Waals surface area contributed by atoms with Crippen LogP contribution in [0.15, 0.2) is 25.3 Å². The summed E-state index contributed by atoms with van der Waals surface area (Å²) in [6.07, 6.45) is 10.8. The van der Waals surface area contributed by atoms with Crippen LogP contribution in [0.5, 0.6) is 0 Å². The lowest BCUT2D eigenvalue weighted by molar-refractivity contribution is -0.119. The van der Waals surface area contributed by atoms with E-state index in [1.807, 2.05) is 0 Å². The van der Waals surface area contributed by atoms with Crippen molar-refractivity contribution in [1.29, 1.82) is 0 Å². The van der Waals surface area contributed by atoms with Crippen LogP contribution in [0, 0.1) is 0 Å². The molecule has 0 aliphatic heterocycles. The zero-order valence-electron chi connectivity index (χ0n) is 12.6. The van der Waals surface area contributed by atoms with E-state index in [-0.39, 0.29) is 0 Å². The van der Waals surface area contributed by atoms with Gasteiger partial charge in [0.15, 0.2) is 0 Å². The van der Waals surface area contributed by atoms with Gasteiger partial charge in [0, 0.05) is 12.8 Å². The van der Waals surface area contributed by atoms with E-state index >= 15 is 0 Å². The van der Waals surface area contributed by atoms with Crippen molar-refractivity contribution < 1.29 is 15.0 Å². The molecule has 0 aliphatic carbocycles. The lowest BCUT2D eigenvalue weighted by Crippen LogP contribution is -2.02. The number of hydrogen-bond donors (Lipinski definition) is 2. The number of ketones is 1. The Hall–Kier alpha value is -0.930. The molecule has 20 heavy (non-hydrogen) atoms. The van der Waals surface area contributed by atoms with Crippen LogP contribution in [-0.2, 0) is 4.79 Å². The van der Waals surface area contributed by atoms with Crippen LogP contribution < -0.4 is 0 Å². The summed E-state index contributed by atoms with van der Waals surface area (Å²) in [5, 5.41) is 18.6. The highest BCUT2D eigenvalue weighted by atomic mass is 16.3. The van der Waals surface area contributed by atoms with Crippen molar-refractivity contribution in [3.8, 4) is 0 Å². The minimum absolute atomic E-state index is 0.332. The van der Waals surface area contributed by atoms with Crippen molar-refractivity contribution in [3.05, 3.63) is 25.3 Å². The van der Waals surface area contributed by atoms with Crippen LogP contribution in [0.25, 0.3) is 0 Å². The molecule has 0 aliphatic rings. The number of unbranched alkanes of at least 4 members (excludes halogenated alkanes) is 4. The van der Waals surface area contributed by atoms with Crippen molar-refractivity contribution in [2.45, 2.75) is 76.4 Å². The molecule has 0 aromatic carbocycles. The third-order valence-corrected chi connectivity index (χ3v) is 3.46. The van der Waals surface area contributed by atoms with E-state index in [9.17, 15) is 15.0 Å². The molecule has 0 aromatic heterocycles. The number of aliphatic hydroxyl groups excluding tert-OH is 2. The second kappa shape index (κ2) is 13.1. The quantitative estimate of drug-likeness (QED) is 0.378. The standard InChI is InChI=1S/C17H30O3/c1-3-15(18)11-7-5-9-13-17(20)14-10-6-8-12-16(19)4-2/h3-4,15-16,18-19H,1-2,5-14H2. The first kappa shape index (κ1) is 19.1. The predicted octanol–water partition coefficient (Wildman–Crippen LogP) is 3.55. The Kier molecular flexibility index (Phi) is 12.5. The maximum Gasteiger partial charge on any atom is 0.132 e. The van der Waals surface area contributed by atoms with Gasteiger partial charge in [-0.25, -0.2) is 0 Å². The molecule has 0 heterocycles. The van der Waals surface area contributed by atoms with Gasteiger partial charge in [-0.1, -0.05) is 37.8 Å². The Balaban J connectivity index is 3.33. The molecular formula is C17H30O3. The molecular weight excluding hydrogens is 252 g/mol. The molecule has 0 fully saturated rings. The summed E-state index contributed by atoms with van der Waals surface area (Å²) in [5.74, 6) is 0.332. The summed E-state index contributed by atoms with van der Waals surface area (Å²) in [6, 6.07) is 0. The minimum atomic E-state index is -0.406. The molecule has 3 nitrogen and oxygen atoms in total. The van der Waals surface area contributed by atoms with Gasteiger partial charge < -0.3 is 10.2 Å². The largest absolute Gasteiger partial charge is 0.389 e. The van der Waals surface area contributed by atoms with E-state index in [1.54, 1.807) is 12.2 Å². The van der Waals surface area contributed by atoms with E-state index in [0.717, 1.165) is 51.4 Å². The average molecular weight is 282 g/mol. The Morgan fingerprint density at radius 1 is 0.800 bits per heavy atom. The fourth-order valence-corrected chi connectivity index (χ4v) is 2.07. The number of carbonyl (C=O) groups is 1. The Labute approximate surface area is 123 Å². The fourth-order valence-electron chi connectivity index (χ4n) is 2.07. The Bertz CT molecular complexity index is 247. The van der Waals surface area contributed by atoms with Gasteiger partial charge in [0.2, 0.25) is 0 Å². The van der Waals surface area contributed by atoms with Gasteiger partial charge in [0.1, 0.15) is 5.78 Å². The molecule has 2 atom stereocenters. The molecule has 0 bridgehead atoms. The maximum atomic E-state index is 11.6. The van der Waals surface area contributed by atoms with Gasteiger partial charge in [0.05, 0.1) is 12.2 Å². The van der Waals surface area contributed by atoms with Gasteiger partial charge in [-0.2, -0.15) is 0 Å². The number of rotatable bonds is 14. The van der Waals surface area contributed by atoms with Gasteiger partial charge in [-0.15, -0.1) is 13.2 Å². The van der Waals surface area contributed by atoms with E-state index in [2.05, 4.69) is 13.2 Å². The summed E-state index contributed by atoms with van der Waals surface area (Å²) < 4.78 is 0. The first-order valence-electron chi connectivity index (χ1n) is 7.73. The average Bonchev–Trinajstić information content (AvgIpc) is 2.45. The fraction of sp³-hybridized carbons (Fsp3) is 0.706. The van der Waals surface area contributed by atoms with Crippen LogP contribution in [0.3, 0.4) is 0 Å². The number of carbonyl (C=O) groups excluding carboxylic acids is 1. The van der Waals surface area contributed by atoms with Crippen LogP contribution in [0.2, 0.25) is 0 Å². The molecule has 0 rings (SSSR count). The third kappa shape index (κ3) is 12.1. The summed E-state index contributed by atoms with van der Waals surface area (Å²) in [4.78, 5) is 11.6. The van der Waals surface area contributed by atoms with Gasteiger partial charge in [-0.3, -0.25) is 4.79 Å². The van der Waals surface area contributed by atoms with Crippen molar-refractivity contribution >= 4 is 5.78 Å². The molecule has 0 saturated carbocycles. The molecule has 3 heteroatoms. The molecule has 0 aromatic rings. The van der Waals surface area contributed by atoms with Gasteiger partial charge in [0.25, 0.3) is 0 Å². The van der Waals surface area contributed by atoms with Crippen molar-refractivity contribution in [1.82, 2.24) is 0 Å². The number of Topliss-reactive ketones (excluding diaryl/α,β-unsaturated/α-hetero) is 1. The van der Waals surface area contributed by atoms with Crippen molar-refractivity contribution in [2.24, 2.45) is 0 Å². The van der Waals surface area contributed by atoms with Crippen LogP contribution in [-0.4, -0.2) is 28.2 Å². The normalized spacial score (nSPS) is 13.7. The van der Waals surface area contributed by atoms with Crippen LogP contribution in [0.4, 0.5) is 0 Å². The van der Waals surface area contributed by atoms with Crippen LogP contribution >= 0.6 is 0 Å². The second-order valence-electron chi connectivity index (χ2n) is 5.34. The Morgan fingerprint density at radius 3 is 1.55 bits per heavy atom. The molecule has 0 spiro atoms. The smallest absolute Gasteiger partial charge is 0.132 e. The summed E-state index contributed by atoms with van der Waals surface area (Å²) in [6.45, 7) is 7.06. The van der Waals surface area contributed by atoms with E-state index < -0.39 is 12.2 Å². The zero-order chi connectivity index (χ0) is 15.2. The van der Waals surface area contributed by atoms with Gasteiger partial charge >= 0.3 is 0 Å². The predicted molar refractivity (Wildman–Crippen MR) is 83.6 cm³/mol. The first-order chi connectivity index (χ1) is 9.60. The summed E-state index contributed by atoms with van der Waals surface area (Å²) >= 11 is 0. The molecule has 116 valence electrons. The lowest BCUT2D eigenvalue weighted by atomic mass is 10.0. The summed E-state index contributed by atoms with van der Waals surface area (Å²) in [5.41, 5.74) is 0. The molecule has 0 amide bonds. The van der Waals surface area contributed by atoms with Gasteiger partial charge in [-0.05, 0) is 25.7 Å². The topological polar surface area (TPSA) is 57.5 Å². The molecule has 0 radical (unpaired) electrons. The Morgan fingerprint density at radius 2 is 1.20 bits per heavy atom. The number of aliphatic hydroxyl groups is 2. The van der Waals surface area contributed by atoms with E-state index in [4.69, 9.17) is 0 Å². The monoisotopic (exact) mass is 282 g/mol. The highest BCUT2D eigenvalue weighted by Crippen LogP contribution is 2.11. The number of hydrogen-bond acceptors (Lipinski definition) is 3. The second-order valence-corrected chi connectivity index (χ2v) is 5.34. The van der Waals surface area contributed by atoms with Crippen molar-refractivity contribution in [2.75, 3.05) is 0 Å². The highest BCUT2D eigenvalue weighted by molar-refractivity contribution is 5.78. The molecule has 2 unspecified atom stereocenters. The SMILES string of the molecule is C=CC(O)CCCCCC(=O)CCCCCC(O)C=C. The maximum absolute atomic E-state index is 11.6. The summed E-state index contributed by atoms with van der Waals surface area (Å²) in [7, 11) is 0. The molecule has 0 saturated heterocycles. The van der Waals surface area contributed by atoms with Crippen LogP contribution in [0.1, 0.15) is 64.2 Å². The third-order valence-electron chi connectivity index (χ3n) is 3.46. The zero-order valence-corrected chi connectivity index (χ0v) is 12.6.